The van der Waals surface area contributed by atoms with Crippen molar-refractivity contribution in [1.82, 2.24) is 9.62 Å². The fourth-order valence-electron chi connectivity index (χ4n) is 2.71. The number of benzene rings is 1. The molecule has 0 radical (unpaired) electrons. The molecule has 1 aromatic carbocycles. The van der Waals surface area contributed by atoms with Crippen LogP contribution in [0.4, 0.5) is 5.69 Å². The summed E-state index contributed by atoms with van der Waals surface area (Å²) in [6.07, 6.45) is 3.05. The molecule has 0 saturated carbocycles. The first kappa shape index (κ1) is 17.8. The van der Waals surface area contributed by atoms with E-state index in [1.807, 2.05) is 0 Å². The molecule has 1 aliphatic heterocycles. The molecular weight excluding hydrogens is 318 g/mol. The second-order valence-corrected chi connectivity index (χ2v) is 7.74. The van der Waals surface area contributed by atoms with Crippen LogP contribution in [0.3, 0.4) is 0 Å². The summed E-state index contributed by atoms with van der Waals surface area (Å²) in [5.41, 5.74) is -0.398. The van der Waals surface area contributed by atoms with Crippen molar-refractivity contribution in [3.8, 4) is 0 Å². The molecule has 7 nitrogen and oxygen atoms in total. The lowest BCUT2D eigenvalue weighted by atomic mass is 9.99. The van der Waals surface area contributed by atoms with Crippen molar-refractivity contribution < 1.29 is 13.3 Å². The van der Waals surface area contributed by atoms with Crippen molar-refractivity contribution >= 4 is 15.7 Å². The van der Waals surface area contributed by atoms with Crippen LogP contribution in [0.2, 0.25) is 0 Å². The van der Waals surface area contributed by atoms with E-state index in [1.54, 1.807) is 0 Å². The van der Waals surface area contributed by atoms with Gasteiger partial charge in [-0.1, -0.05) is 19.1 Å². The van der Waals surface area contributed by atoms with Gasteiger partial charge in [-0.05, 0) is 50.9 Å². The topological polar surface area (TPSA) is 92.6 Å². The van der Waals surface area contributed by atoms with Crippen molar-refractivity contribution in [2.75, 3.05) is 26.2 Å². The average molecular weight is 341 g/mol. The highest BCUT2D eigenvalue weighted by Crippen LogP contribution is 2.22. The quantitative estimate of drug-likeness (QED) is 0.465. The summed E-state index contributed by atoms with van der Waals surface area (Å²) >= 11 is 0. The Kier molecular flexibility index (Phi) is 6.09. The van der Waals surface area contributed by atoms with E-state index in [2.05, 4.69) is 16.5 Å². The smallest absolute Gasteiger partial charge is 0.289 e. The van der Waals surface area contributed by atoms with Crippen molar-refractivity contribution in [2.45, 2.75) is 31.1 Å². The molecule has 23 heavy (non-hydrogen) atoms. The van der Waals surface area contributed by atoms with Crippen molar-refractivity contribution in [1.29, 1.82) is 0 Å². The Morgan fingerprint density at radius 2 is 1.96 bits per heavy atom. The average Bonchev–Trinajstić information content (AvgIpc) is 2.53. The van der Waals surface area contributed by atoms with E-state index in [-0.39, 0.29) is 11.4 Å². The Hall–Kier alpha value is -1.51. The van der Waals surface area contributed by atoms with Crippen molar-refractivity contribution in [3.05, 3.63) is 34.4 Å². The third-order valence-electron chi connectivity index (χ3n) is 4.17. The van der Waals surface area contributed by atoms with E-state index >= 15 is 0 Å². The summed E-state index contributed by atoms with van der Waals surface area (Å²) in [6.45, 7) is 5.47. The summed E-state index contributed by atoms with van der Waals surface area (Å²) in [4.78, 5) is 12.3. The van der Waals surface area contributed by atoms with Gasteiger partial charge in [0.25, 0.3) is 5.69 Å². The molecule has 128 valence electrons. The molecule has 1 heterocycles. The highest BCUT2D eigenvalue weighted by molar-refractivity contribution is 7.89. The fraction of sp³-hybridized carbons (Fsp3) is 0.600. The van der Waals surface area contributed by atoms with Gasteiger partial charge >= 0.3 is 0 Å². The number of nitrogens with zero attached hydrogens (tertiary/aromatic N) is 2. The highest BCUT2D eigenvalue weighted by atomic mass is 32.2. The number of nitro groups is 1. The van der Waals surface area contributed by atoms with Gasteiger partial charge in [0.15, 0.2) is 4.90 Å². The highest BCUT2D eigenvalue weighted by Gasteiger charge is 2.24. The maximum atomic E-state index is 12.2. The van der Waals surface area contributed by atoms with E-state index in [1.165, 1.54) is 37.1 Å². The molecule has 2 rings (SSSR count). The van der Waals surface area contributed by atoms with Crippen LogP contribution in [0, 0.1) is 16.0 Å². The molecule has 0 spiro atoms. The number of likely N-dealkylation sites (tertiary alicyclic amines) is 1. The minimum Gasteiger partial charge on any atom is -0.303 e. The predicted molar refractivity (Wildman–Crippen MR) is 87.7 cm³/mol. The Labute approximate surface area is 136 Å². The zero-order valence-corrected chi connectivity index (χ0v) is 14.1. The van der Waals surface area contributed by atoms with Gasteiger partial charge in [0.1, 0.15) is 0 Å². The molecule has 0 atom stereocenters. The summed E-state index contributed by atoms with van der Waals surface area (Å²) in [7, 11) is -3.86. The Balaban J connectivity index is 1.86. The molecule has 0 aliphatic carbocycles. The molecule has 0 aromatic heterocycles. The molecule has 0 bridgehead atoms. The minimum atomic E-state index is -3.86. The molecule has 8 heteroatoms. The molecule has 1 N–H and O–H groups in total. The van der Waals surface area contributed by atoms with Crippen LogP contribution in [0.1, 0.15) is 26.2 Å². The number of sulfonamides is 1. The van der Waals surface area contributed by atoms with E-state index < -0.39 is 20.6 Å². The number of rotatable bonds is 7. The van der Waals surface area contributed by atoms with E-state index in [9.17, 15) is 18.5 Å². The van der Waals surface area contributed by atoms with Gasteiger partial charge in [-0.25, -0.2) is 13.1 Å². The number of para-hydroxylation sites is 1. The molecular formula is C15H23N3O4S. The van der Waals surface area contributed by atoms with Crippen LogP contribution in [-0.4, -0.2) is 44.4 Å². The largest absolute Gasteiger partial charge is 0.303 e. The molecule has 1 aromatic rings. The standard InChI is InChI=1S/C15H23N3O4S/c1-13-7-11-17(12-8-13)10-4-9-16-23(21,22)15-6-3-2-5-14(15)18(19)20/h2-3,5-6,13,16H,4,7-12H2,1H3. The van der Waals surface area contributed by atoms with E-state index in [4.69, 9.17) is 0 Å². The molecule has 1 fully saturated rings. The minimum absolute atomic E-state index is 0.278. The third-order valence-corrected chi connectivity index (χ3v) is 5.68. The van der Waals surface area contributed by atoms with E-state index in [0.29, 0.717) is 6.42 Å². The lowest BCUT2D eigenvalue weighted by Crippen LogP contribution is -2.35. The number of piperidine rings is 1. The van der Waals surface area contributed by atoms with Crippen LogP contribution >= 0.6 is 0 Å². The monoisotopic (exact) mass is 341 g/mol. The Bertz CT molecular complexity index is 640. The molecule has 0 amide bonds. The van der Waals surface area contributed by atoms with Crippen LogP contribution in [0.25, 0.3) is 0 Å². The van der Waals surface area contributed by atoms with Crippen LogP contribution in [-0.2, 0) is 10.0 Å². The number of hydrogen-bond acceptors (Lipinski definition) is 5. The van der Waals surface area contributed by atoms with Gasteiger partial charge in [-0.2, -0.15) is 0 Å². The third kappa shape index (κ3) is 4.98. The van der Waals surface area contributed by atoms with Gasteiger partial charge in [0.2, 0.25) is 10.0 Å². The number of nitro benzene ring substituents is 1. The SMILES string of the molecule is CC1CCN(CCCNS(=O)(=O)c2ccccc2[N+](=O)[O-])CC1. The van der Waals surface area contributed by atoms with E-state index in [0.717, 1.165) is 25.6 Å². The van der Waals surface area contributed by atoms with Crippen LogP contribution in [0.15, 0.2) is 29.2 Å². The summed E-state index contributed by atoms with van der Waals surface area (Å²) in [5.74, 6) is 0.767. The van der Waals surface area contributed by atoms with Crippen LogP contribution < -0.4 is 4.72 Å². The predicted octanol–water partition coefficient (Wildman–Crippen LogP) is 2.00. The Morgan fingerprint density at radius 3 is 2.61 bits per heavy atom. The second-order valence-electron chi connectivity index (χ2n) is 6.00. The summed E-state index contributed by atoms with van der Waals surface area (Å²) < 4.78 is 26.9. The summed E-state index contributed by atoms with van der Waals surface area (Å²) in [5, 5.41) is 10.9. The first-order valence-corrected chi connectivity index (χ1v) is 9.34. The molecule has 1 saturated heterocycles. The van der Waals surface area contributed by atoms with Crippen LogP contribution in [0.5, 0.6) is 0 Å². The van der Waals surface area contributed by atoms with Gasteiger partial charge in [0.05, 0.1) is 4.92 Å². The first-order chi connectivity index (χ1) is 10.9. The lowest BCUT2D eigenvalue weighted by Gasteiger charge is -2.30. The van der Waals surface area contributed by atoms with Gasteiger partial charge in [-0.15, -0.1) is 0 Å². The molecule has 1 aliphatic rings. The molecule has 0 unspecified atom stereocenters. The van der Waals surface area contributed by atoms with Gasteiger partial charge in [-0.3, -0.25) is 10.1 Å². The van der Waals surface area contributed by atoms with Crippen molar-refractivity contribution in [2.24, 2.45) is 5.92 Å². The maximum absolute atomic E-state index is 12.2. The normalized spacial score (nSPS) is 17.3. The summed E-state index contributed by atoms with van der Waals surface area (Å²) in [6, 6.07) is 5.39. The van der Waals surface area contributed by atoms with Crippen molar-refractivity contribution in [3.63, 3.8) is 0 Å². The lowest BCUT2D eigenvalue weighted by molar-refractivity contribution is -0.387. The Morgan fingerprint density at radius 1 is 1.30 bits per heavy atom. The van der Waals surface area contributed by atoms with Gasteiger partial charge < -0.3 is 4.90 Å². The number of nitrogens with one attached hydrogen (secondary N) is 1. The zero-order chi connectivity index (χ0) is 16.9. The fourth-order valence-corrected chi connectivity index (χ4v) is 3.95. The second kappa shape index (κ2) is 7.85. The van der Waals surface area contributed by atoms with Gasteiger partial charge in [0, 0.05) is 12.6 Å². The zero-order valence-electron chi connectivity index (χ0n) is 13.3. The number of hydrogen-bond donors (Lipinski definition) is 1. The first-order valence-electron chi connectivity index (χ1n) is 7.85. The maximum Gasteiger partial charge on any atom is 0.289 e.